The predicted molar refractivity (Wildman–Crippen MR) is 57.9 cm³/mol. The molecular weight excluding hydrogens is 178 g/mol. The third-order valence-corrected chi connectivity index (χ3v) is 1.80. The Morgan fingerprint density at radius 2 is 2.00 bits per heavy atom. The molecule has 0 aliphatic heterocycles. The van der Waals surface area contributed by atoms with Gasteiger partial charge in [0.05, 0.1) is 16.9 Å². The summed E-state index contributed by atoms with van der Waals surface area (Å²) in [5.41, 5.74) is 12.5. The lowest BCUT2D eigenvalue weighted by molar-refractivity contribution is 0.0944. The van der Waals surface area contributed by atoms with E-state index in [1.807, 2.05) is 13.8 Å². The molecule has 0 radical (unpaired) electrons. The van der Waals surface area contributed by atoms with Gasteiger partial charge in [0.25, 0.3) is 5.91 Å². The van der Waals surface area contributed by atoms with Crippen molar-refractivity contribution in [3.05, 3.63) is 23.8 Å². The summed E-state index contributed by atoms with van der Waals surface area (Å²) in [7, 11) is 0. The zero-order valence-corrected chi connectivity index (χ0v) is 8.37. The molecule has 14 heavy (non-hydrogen) atoms. The predicted octanol–water partition coefficient (Wildman–Crippen LogP) is 0.989. The number of carbonyl (C=O) groups excluding carboxylic acids is 1. The maximum atomic E-state index is 11.6. The number of nitrogens with two attached hydrogens (primary N) is 2. The summed E-state index contributed by atoms with van der Waals surface area (Å²) in [5, 5.41) is 2.75. The molecule has 76 valence electrons. The molecule has 1 aromatic rings. The highest BCUT2D eigenvalue weighted by Crippen LogP contribution is 2.19. The first kappa shape index (κ1) is 10.4. The second kappa shape index (κ2) is 4.00. The Hall–Kier alpha value is -1.71. The van der Waals surface area contributed by atoms with E-state index in [0.29, 0.717) is 16.9 Å². The molecule has 0 aliphatic rings. The van der Waals surface area contributed by atoms with Gasteiger partial charge in [0.15, 0.2) is 0 Å². The number of nitrogens with one attached hydrogen (secondary N) is 1. The smallest absolute Gasteiger partial charge is 0.253 e. The van der Waals surface area contributed by atoms with Crippen molar-refractivity contribution in [3.8, 4) is 0 Å². The molecule has 1 rings (SSSR count). The first-order valence-corrected chi connectivity index (χ1v) is 4.47. The van der Waals surface area contributed by atoms with Gasteiger partial charge in [-0.15, -0.1) is 0 Å². The average Bonchev–Trinajstić information content (AvgIpc) is 2.08. The monoisotopic (exact) mass is 193 g/mol. The Balaban J connectivity index is 2.96. The Bertz CT molecular complexity index is 347. The van der Waals surface area contributed by atoms with Gasteiger partial charge in [0, 0.05) is 6.04 Å². The molecule has 4 nitrogen and oxygen atoms in total. The first-order valence-electron chi connectivity index (χ1n) is 4.47. The fourth-order valence-electron chi connectivity index (χ4n) is 1.12. The highest BCUT2D eigenvalue weighted by Gasteiger charge is 2.11. The molecule has 0 spiro atoms. The van der Waals surface area contributed by atoms with Crippen molar-refractivity contribution < 1.29 is 4.79 Å². The van der Waals surface area contributed by atoms with Gasteiger partial charge >= 0.3 is 0 Å². The molecule has 0 aromatic heterocycles. The van der Waals surface area contributed by atoms with Gasteiger partial charge < -0.3 is 16.8 Å². The second-order valence-electron chi connectivity index (χ2n) is 3.44. The summed E-state index contributed by atoms with van der Waals surface area (Å²) in [6, 6.07) is 5.12. The molecule has 0 saturated carbocycles. The molecule has 4 heteroatoms. The van der Waals surface area contributed by atoms with E-state index in [2.05, 4.69) is 5.32 Å². The summed E-state index contributed by atoms with van der Waals surface area (Å²) in [6.45, 7) is 3.78. The molecule has 1 amide bonds. The van der Waals surface area contributed by atoms with E-state index in [0.717, 1.165) is 0 Å². The van der Waals surface area contributed by atoms with Gasteiger partial charge in [0.1, 0.15) is 0 Å². The highest BCUT2D eigenvalue weighted by atomic mass is 16.1. The van der Waals surface area contributed by atoms with Gasteiger partial charge in [-0.1, -0.05) is 6.07 Å². The van der Waals surface area contributed by atoms with Crippen LogP contribution in [-0.4, -0.2) is 11.9 Å². The number of hydrogen-bond donors (Lipinski definition) is 3. The third-order valence-electron chi connectivity index (χ3n) is 1.80. The summed E-state index contributed by atoms with van der Waals surface area (Å²) < 4.78 is 0. The first-order chi connectivity index (χ1) is 6.52. The van der Waals surface area contributed by atoms with Crippen molar-refractivity contribution in [2.75, 3.05) is 11.5 Å². The van der Waals surface area contributed by atoms with Gasteiger partial charge in [-0.25, -0.2) is 0 Å². The minimum absolute atomic E-state index is 0.0864. The van der Waals surface area contributed by atoms with Crippen LogP contribution in [0.1, 0.15) is 24.2 Å². The van der Waals surface area contributed by atoms with Crippen LogP contribution in [0.2, 0.25) is 0 Å². The van der Waals surface area contributed by atoms with Crippen molar-refractivity contribution in [1.29, 1.82) is 0 Å². The Kier molecular flexibility index (Phi) is 2.96. The zero-order chi connectivity index (χ0) is 10.7. The molecular formula is C10H15N3O. The number of benzene rings is 1. The van der Waals surface area contributed by atoms with Crippen LogP contribution in [0.4, 0.5) is 11.4 Å². The molecule has 0 fully saturated rings. The van der Waals surface area contributed by atoms with Crippen LogP contribution in [0, 0.1) is 0 Å². The van der Waals surface area contributed by atoms with E-state index in [1.54, 1.807) is 18.2 Å². The molecule has 0 saturated heterocycles. The lowest BCUT2D eigenvalue weighted by atomic mass is 10.1. The van der Waals surface area contributed by atoms with Crippen molar-refractivity contribution in [3.63, 3.8) is 0 Å². The number of amides is 1. The maximum absolute atomic E-state index is 11.6. The number of anilines is 2. The van der Waals surface area contributed by atoms with Crippen LogP contribution < -0.4 is 16.8 Å². The molecule has 0 heterocycles. The van der Waals surface area contributed by atoms with Gasteiger partial charge in [-0.2, -0.15) is 0 Å². The number of nitrogen functional groups attached to an aromatic ring is 2. The fourth-order valence-corrected chi connectivity index (χ4v) is 1.12. The maximum Gasteiger partial charge on any atom is 0.253 e. The normalized spacial score (nSPS) is 10.2. The van der Waals surface area contributed by atoms with E-state index >= 15 is 0 Å². The van der Waals surface area contributed by atoms with E-state index in [1.165, 1.54) is 0 Å². The van der Waals surface area contributed by atoms with Crippen LogP contribution in [0.3, 0.4) is 0 Å². The zero-order valence-electron chi connectivity index (χ0n) is 8.37. The van der Waals surface area contributed by atoms with Crippen molar-refractivity contribution in [2.24, 2.45) is 0 Å². The number of hydrogen-bond acceptors (Lipinski definition) is 3. The molecule has 1 aromatic carbocycles. The van der Waals surface area contributed by atoms with Crippen LogP contribution in [-0.2, 0) is 0 Å². The SMILES string of the molecule is CC(C)NC(=O)c1cccc(N)c1N. The van der Waals surface area contributed by atoms with Crippen molar-refractivity contribution >= 4 is 17.3 Å². The lowest BCUT2D eigenvalue weighted by Crippen LogP contribution is -2.30. The van der Waals surface area contributed by atoms with Gasteiger partial charge in [-0.3, -0.25) is 4.79 Å². The van der Waals surface area contributed by atoms with Crippen molar-refractivity contribution in [2.45, 2.75) is 19.9 Å². The molecule has 0 aliphatic carbocycles. The summed E-state index contributed by atoms with van der Waals surface area (Å²) in [5.74, 6) is -0.190. The summed E-state index contributed by atoms with van der Waals surface area (Å²) in [6.07, 6.45) is 0. The Labute approximate surface area is 83.3 Å². The topological polar surface area (TPSA) is 81.1 Å². The molecule has 0 unspecified atom stereocenters. The van der Waals surface area contributed by atoms with Gasteiger partial charge in [0.2, 0.25) is 0 Å². The number of para-hydroxylation sites is 1. The largest absolute Gasteiger partial charge is 0.397 e. The Morgan fingerprint density at radius 1 is 1.36 bits per heavy atom. The average molecular weight is 193 g/mol. The molecule has 5 N–H and O–H groups in total. The Morgan fingerprint density at radius 3 is 2.57 bits per heavy atom. The minimum atomic E-state index is -0.190. The summed E-state index contributed by atoms with van der Waals surface area (Å²) in [4.78, 5) is 11.6. The minimum Gasteiger partial charge on any atom is -0.397 e. The fraction of sp³-hybridized carbons (Fsp3) is 0.300. The molecule has 0 atom stereocenters. The van der Waals surface area contributed by atoms with Crippen LogP contribution in [0.15, 0.2) is 18.2 Å². The summed E-state index contributed by atoms with van der Waals surface area (Å²) >= 11 is 0. The highest BCUT2D eigenvalue weighted by molar-refractivity contribution is 6.01. The third kappa shape index (κ3) is 2.16. The lowest BCUT2D eigenvalue weighted by Gasteiger charge is -2.11. The van der Waals surface area contributed by atoms with E-state index < -0.39 is 0 Å². The number of rotatable bonds is 2. The van der Waals surface area contributed by atoms with Gasteiger partial charge in [-0.05, 0) is 26.0 Å². The molecule has 0 bridgehead atoms. The van der Waals surface area contributed by atoms with Crippen LogP contribution in [0.5, 0.6) is 0 Å². The van der Waals surface area contributed by atoms with E-state index in [-0.39, 0.29) is 11.9 Å². The standard InChI is InChI=1S/C10H15N3O/c1-6(2)13-10(14)7-4-3-5-8(11)9(7)12/h3-6H,11-12H2,1-2H3,(H,13,14). The van der Waals surface area contributed by atoms with E-state index in [4.69, 9.17) is 11.5 Å². The van der Waals surface area contributed by atoms with Crippen molar-refractivity contribution in [1.82, 2.24) is 5.32 Å². The van der Waals surface area contributed by atoms with Crippen LogP contribution >= 0.6 is 0 Å². The second-order valence-corrected chi connectivity index (χ2v) is 3.44. The van der Waals surface area contributed by atoms with Crippen LogP contribution in [0.25, 0.3) is 0 Å². The number of carbonyl (C=O) groups is 1. The quantitative estimate of drug-likeness (QED) is 0.612. The van der Waals surface area contributed by atoms with E-state index in [9.17, 15) is 4.79 Å².